The molecule has 0 unspecified atom stereocenters. The molecular weight excluding hydrogens is 649 g/mol. The van der Waals surface area contributed by atoms with Crippen molar-refractivity contribution in [1.29, 1.82) is 0 Å². The van der Waals surface area contributed by atoms with Crippen LogP contribution in [0.1, 0.15) is 0 Å². The highest BCUT2D eigenvalue weighted by molar-refractivity contribution is 6.39. The van der Waals surface area contributed by atoms with Gasteiger partial charge in [0.15, 0.2) is 0 Å². The van der Waals surface area contributed by atoms with Crippen molar-refractivity contribution in [2.75, 3.05) is 0 Å². The van der Waals surface area contributed by atoms with E-state index in [-0.39, 0.29) is 0 Å². The Morgan fingerprint density at radius 3 is 1.09 bits per heavy atom. The highest BCUT2D eigenvalue weighted by Gasteiger charge is 2.32. The van der Waals surface area contributed by atoms with Gasteiger partial charge in [0.25, 0.3) is 0 Å². The number of fused-ring (bicyclic) bond motifs is 6. The Morgan fingerprint density at radius 2 is 0.593 bits per heavy atom. The van der Waals surface area contributed by atoms with Crippen molar-refractivity contribution in [3.05, 3.63) is 194 Å². The summed E-state index contributed by atoms with van der Waals surface area (Å²) in [6, 6.07) is 72.2. The molecule has 11 aromatic carbocycles. The van der Waals surface area contributed by atoms with E-state index in [9.17, 15) is 0 Å². The first-order valence-corrected chi connectivity index (χ1v) is 18.9. The van der Waals surface area contributed by atoms with E-state index >= 15 is 0 Å². The minimum Gasteiger partial charge on any atom is -0.0622 e. The summed E-state index contributed by atoms with van der Waals surface area (Å²) in [4.78, 5) is 0. The third-order valence-corrected chi connectivity index (χ3v) is 11.9. The summed E-state index contributed by atoms with van der Waals surface area (Å²) < 4.78 is 0. The van der Waals surface area contributed by atoms with E-state index in [2.05, 4.69) is 194 Å². The van der Waals surface area contributed by atoms with Crippen molar-refractivity contribution >= 4 is 53.9 Å². The normalized spacial score (nSPS) is 12.1. The summed E-state index contributed by atoms with van der Waals surface area (Å²) in [6.07, 6.45) is 0. The van der Waals surface area contributed by atoms with Gasteiger partial charge in [0.1, 0.15) is 0 Å². The molecule has 0 amide bonds. The maximum absolute atomic E-state index is 2.42. The van der Waals surface area contributed by atoms with E-state index in [0.29, 0.717) is 0 Å². The lowest BCUT2D eigenvalue weighted by Crippen LogP contribution is -1.94. The van der Waals surface area contributed by atoms with Crippen LogP contribution in [0.3, 0.4) is 0 Å². The van der Waals surface area contributed by atoms with Crippen LogP contribution >= 0.6 is 0 Å². The highest BCUT2D eigenvalue weighted by Crippen LogP contribution is 2.59. The number of hydrogen-bond donors (Lipinski definition) is 0. The molecule has 1 aliphatic carbocycles. The molecule has 0 radical (unpaired) electrons. The Balaban J connectivity index is 1.25. The minimum atomic E-state index is 1.22. The zero-order chi connectivity index (χ0) is 35.3. The van der Waals surface area contributed by atoms with Gasteiger partial charge in [-0.25, -0.2) is 0 Å². The maximum atomic E-state index is 2.42. The van der Waals surface area contributed by atoms with Gasteiger partial charge in [-0.05, 0) is 133 Å². The monoisotopic (exact) mass is 680 g/mol. The van der Waals surface area contributed by atoms with Crippen LogP contribution < -0.4 is 0 Å². The number of benzene rings is 11. The average Bonchev–Trinajstić information content (AvgIpc) is 3.58. The van der Waals surface area contributed by atoms with Gasteiger partial charge in [-0.1, -0.05) is 182 Å². The van der Waals surface area contributed by atoms with E-state index in [1.54, 1.807) is 0 Å². The van der Waals surface area contributed by atoms with Gasteiger partial charge >= 0.3 is 0 Å². The second kappa shape index (κ2) is 11.2. The fourth-order valence-corrected chi connectivity index (χ4v) is 9.70. The largest absolute Gasteiger partial charge is 0.0622 e. The van der Waals surface area contributed by atoms with Gasteiger partial charge in [0.2, 0.25) is 0 Å². The number of hydrogen-bond acceptors (Lipinski definition) is 0. The third kappa shape index (κ3) is 4.08. The molecule has 0 aromatic heterocycles. The van der Waals surface area contributed by atoms with Crippen LogP contribution in [0.4, 0.5) is 0 Å². The predicted octanol–water partition coefficient (Wildman–Crippen LogP) is 15.2. The molecule has 0 fully saturated rings. The van der Waals surface area contributed by atoms with Crippen molar-refractivity contribution in [3.8, 4) is 66.8 Å². The lowest BCUT2D eigenvalue weighted by Gasteiger charge is -2.21. The fourth-order valence-electron chi connectivity index (χ4n) is 9.70. The summed E-state index contributed by atoms with van der Waals surface area (Å²) in [5.41, 5.74) is 15.3. The van der Waals surface area contributed by atoms with E-state index < -0.39 is 0 Å². The van der Waals surface area contributed by atoms with Crippen LogP contribution in [0.15, 0.2) is 194 Å². The first kappa shape index (κ1) is 29.5. The second-order valence-corrected chi connectivity index (χ2v) is 14.7. The Morgan fingerprint density at radius 1 is 0.204 bits per heavy atom. The average molecular weight is 681 g/mol. The SMILES string of the molecule is c1ccc(-c2cccc(-c3c4c(c(-c5cccc(-c6ccccc6)c5)c5ccccc35)-c3ccc5c6cccc7cccc(c8ccc-4c3c85)c76)c2)cc1. The molecule has 0 atom stereocenters. The van der Waals surface area contributed by atoms with Crippen molar-refractivity contribution in [3.63, 3.8) is 0 Å². The molecule has 54 heavy (non-hydrogen) atoms. The van der Waals surface area contributed by atoms with Crippen LogP contribution in [-0.4, -0.2) is 0 Å². The molecule has 1 aliphatic rings. The molecule has 0 heteroatoms. The molecule has 12 rings (SSSR count). The van der Waals surface area contributed by atoms with Crippen molar-refractivity contribution in [2.45, 2.75) is 0 Å². The first-order chi connectivity index (χ1) is 26.8. The third-order valence-electron chi connectivity index (χ3n) is 11.9. The molecule has 0 aliphatic heterocycles. The second-order valence-electron chi connectivity index (χ2n) is 14.7. The summed E-state index contributed by atoms with van der Waals surface area (Å²) in [6.45, 7) is 0. The topological polar surface area (TPSA) is 0 Å². The van der Waals surface area contributed by atoms with Gasteiger partial charge in [0, 0.05) is 0 Å². The molecular formula is C54H32. The molecule has 0 spiro atoms. The van der Waals surface area contributed by atoms with Gasteiger partial charge < -0.3 is 0 Å². The zero-order valence-electron chi connectivity index (χ0n) is 29.5. The van der Waals surface area contributed by atoms with Crippen molar-refractivity contribution in [2.24, 2.45) is 0 Å². The van der Waals surface area contributed by atoms with Gasteiger partial charge in [0.05, 0.1) is 0 Å². The van der Waals surface area contributed by atoms with Crippen LogP contribution in [0.5, 0.6) is 0 Å². The maximum Gasteiger partial charge on any atom is -0.000740 e. The van der Waals surface area contributed by atoms with Crippen LogP contribution in [0.2, 0.25) is 0 Å². The smallest absolute Gasteiger partial charge is 0.000740 e. The van der Waals surface area contributed by atoms with E-state index in [4.69, 9.17) is 0 Å². The van der Waals surface area contributed by atoms with Gasteiger partial charge in [-0.3, -0.25) is 0 Å². The first-order valence-electron chi connectivity index (χ1n) is 18.9. The Labute approximate surface area is 313 Å². The van der Waals surface area contributed by atoms with Crippen molar-refractivity contribution in [1.82, 2.24) is 0 Å². The Hall–Kier alpha value is -7.02. The molecule has 11 aromatic rings. The molecule has 0 N–H and O–H groups in total. The standard InChI is InChI=1S/C54H32/c1-3-13-33(14-4-1)36-19-9-21-38(31-36)49-42-23-7-8-24-43(42)50(39-22-10-20-37(32-39)34-15-5-2-6-16-34)54-47-30-28-45-41-26-12-18-35-17-11-25-40(48(35)41)44-27-29-46(53(49)54)52(47)51(44)45/h1-32H. The number of rotatable bonds is 4. The summed E-state index contributed by atoms with van der Waals surface area (Å²) >= 11 is 0. The molecule has 0 saturated carbocycles. The molecule has 0 saturated heterocycles. The fraction of sp³-hybridized carbons (Fsp3) is 0. The minimum absolute atomic E-state index is 1.22. The van der Waals surface area contributed by atoms with Crippen LogP contribution in [0, 0.1) is 0 Å². The van der Waals surface area contributed by atoms with Crippen LogP contribution in [0.25, 0.3) is 121 Å². The quantitative estimate of drug-likeness (QED) is 0.128. The van der Waals surface area contributed by atoms with E-state index in [1.807, 2.05) is 0 Å². The lowest BCUT2D eigenvalue weighted by molar-refractivity contribution is 1.59. The van der Waals surface area contributed by atoms with Crippen LogP contribution in [-0.2, 0) is 0 Å². The van der Waals surface area contributed by atoms with Crippen molar-refractivity contribution < 1.29 is 0 Å². The Bertz CT molecular complexity index is 3080. The van der Waals surface area contributed by atoms with Gasteiger partial charge in [-0.15, -0.1) is 0 Å². The molecule has 0 nitrogen and oxygen atoms in total. The summed E-state index contributed by atoms with van der Waals surface area (Å²) in [5.74, 6) is 0. The molecule has 248 valence electrons. The summed E-state index contributed by atoms with van der Waals surface area (Å²) in [7, 11) is 0. The van der Waals surface area contributed by atoms with E-state index in [1.165, 1.54) is 121 Å². The predicted molar refractivity (Wildman–Crippen MR) is 231 cm³/mol. The molecule has 0 bridgehead atoms. The highest BCUT2D eigenvalue weighted by atomic mass is 14.3. The lowest BCUT2D eigenvalue weighted by atomic mass is 9.82. The Kier molecular flexibility index (Phi) is 6.15. The van der Waals surface area contributed by atoms with Gasteiger partial charge in [-0.2, -0.15) is 0 Å². The molecule has 0 heterocycles. The zero-order valence-corrected chi connectivity index (χ0v) is 29.5. The van der Waals surface area contributed by atoms with E-state index in [0.717, 1.165) is 0 Å². The summed E-state index contributed by atoms with van der Waals surface area (Å²) in [5, 5.41) is 13.2.